The summed E-state index contributed by atoms with van der Waals surface area (Å²) >= 11 is 0. The van der Waals surface area contributed by atoms with Crippen molar-refractivity contribution in [1.82, 2.24) is 5.32 Å². The monoisotopic (exact) mass is 286 g/mol. The molecule has 0 aliphatic carbocycles. The first kappa shape index (κ1) is 15.2. The summed E-state index contributed by atoms with van der Waals surface area (Å²) in [7, 11) is 0. The summed E-state index contributed by atoms with van der Waals surface area (Å²) in [5.74, 6) is -0.402. The van der Waals surface area contributed by atoms with Crippen molar-refractivity contribution >= 4 is 5.91 Å². The normalized spacial score (nSPS) is 11.9. The third kappa shape index (κ3) is 5.00. The van der Waals surface area contributed by atoms with Crippen molar-refractivity contribution in [1.29, 1.82) is 0 Å². The van der Waals surface area contributed by atoms with Crippen molar-refractivity contribution in [2.45, 2.75) is 25.4 Å². The van der Waals surface area contributed by atoms with Crippen LogP contribution in [0.25, 0.3) is 0 Å². The lowest BCUT2D eigenvalue weighted by Crippen LogP contribution is -2.33. The fraction of sp³-hybridized carbons (Fsp3) is 0.235. The van der Waals surface area contributed by atoms with E-state index in [1.807, 2.05) is 30.3 Å². The Morgan fingerprint density at radius 3 is 2.48 bits per heavy atom. The highest BCUT2D eigenvalue weighted by Crippen LogP contribution is 2.09. The third-order valence-electron chi connectivity index (χ3n) is 3.22. The van der Waals surface area contributed by atoms with Gasteiger partial charge in [-0.1, -0.05) is 48.5 Å². The van der Waals surface area contributed by atoms with E-state index in [4.69, 9.17) is 5.73 Å². The molecule has 0 heterocycles. The minimum absolute atomic E-state index is 0.123. The topological polar surface area (TPSA) is 55.1 Å². The summed E-state index contributed by atoms with van der Waals surface area (Å²) in [6, 6.07) is 15.8. The summed E-state index contributed by atoms with van der Waals surface area (Å²) in [5, 5.41) is 2.82. The first-order valence-electron chi connectivity index (χ1n) is 6.95. The maximum atomic E-state index is 13.5. The lowest BCUT2D eigenvalue weighted by atomic mass is 10.0. The number of hydrogen-bond donors (Lipinski definition) is 2. The van der Waals surface area contributed by atoms with Gasteiger partial charge >= 0.3 is 0 Å². The summed E-state index contributed by atoms with van der Waals surface area (Å²) in [5.41, 5.74) is 7.50. The molecule has 1 atom stereocenters. The predicted molar refractivity (Wildman–Crippen MR) is 81.0 cm³/mol. The molecule has 0 saturated carbocycles. The fourth-order valence-electron chi connectivity index (χ4n) is 2.13. The molecule has 0 radical (unpaired) electrons. The second kappa shape index (κ2) is 7.55. The molecule has 0 unspecified atom stereocenters. The number of benzene rings is 2. The van der Waals surface area contributed by atoms with Gasteiger partial charge in [-0.25, -0.2) is 4.39 Å². The van der Waals surface area contributed by atoms with E-state index in [2.05, 4.69) is 5.32 Å². The highest BCUT2D eigenvalue weighted by atomic mass is 19.1. The summed E-state index contributed by atoms with van der Waals surface area (Å²) in [6.07, 6.45) is 0.534. The zero-order chi connectivity index (χ0) is 15.1. The van der Waals surface area contributed by atoms with E-state index < -0.39 is 6.04 Å². The van der Waals surface area contributed by atoms with E-state index in [9.17, 15) is 9.18 Å². The maximum Gasteiger partial charge on any atom is 0.221 e. The number of rotatable bonds is 6. The van der Waals surface area contributed by atoms with Crippen LogP contribution in [0, 0.1) is 5.82 Å². The minimum atomic E-state index is -0.391. The van der Waals surface area contributed by atoms with Crippen LogP contribution in [0.15, 0.2) is 54.6 Å². The van der Waals surface area contributed by atoms with Crippen molar-refractivity contribution in [2.24, 2.45) is 5.73 Å². The Hall–Kier alpha value is -2.20. The van der Waals surface area contributed by atoms with Crippen molar-refractivity contribution in [2.75, 3.05) is 0 Å². The highest BCUT2D eigenvalue weighted by molar-refractivity contribution is 5.76. The molecule has 0 aliphatic heterocycles. The molecule has 110 valence electrons. The van der Waals surface area contributed by atoms with Gasteiger partial charge in [0.15, 0.2) is 0 Å². The Morgan fingerprint density at radius 1 is 1.10 bits per heavy atom. The molecule has 0 aliphatic rings. The van der Waals surface area contributed by atoms with Crippen LogP contribution in [-0.4, -0.2) is 11.9 Å². The van der Waals surface area contributed by atoms with Gasteiger partial charge in [0.2, 0.25) is 5.91 Å². The molecule has 3 nitrogen and oxygen atoms in total. The van der Waals surface area contributed by atoms with Crippen LogP contribution in [0.3, 0.4) is 0 Å². The minimum Gasteiger partial charge on any atom is -0.352 e. The van der Waals surface area contributed by atoms with Crippen LogP contribution in [0.2, 0.25) is 0 Å². The van der Waals surface area contributed by atoms with Gasteiger partial charge in [-0.15, -0.1) is 0 Å². The maximum absolute atomic E-state index is 13.5. The largest absolute Gasteiger partial charge is 0.352 e. The Labute approximate surface area is 124 Å². The lowest BCUT2D eigenvalue weighted by molar-refractivity contribution is -0.121. The average Bonchev–Trinajstić information content (AvgIpc) is 2.48. The molecule has 2 aromatic carbocycles. The SMILES string of the molecule is N[C@@H](CC(=O)NCc1ccccc1)Cc1ccccc1F. The van der Waals surface area contributed by atoms with Crippen LogP contribution < -0.4 is 11.1 Å². The van der Waals surface area contributed by atoms with E-state index in [-0.39, 0.29) is 18.1 Å². The molecule has 0 aromatic heterocycles. The first-order chi connectivity index (χ1) is 10.1. The van der Waals surface area contributed by atoms with Gasteiger partial charge in [0.25, 0.3) is 0 Å². The molecule has 0 bridgehead atoms. The van der Waals surface area contributed by atoms with Crippen molar-refractivity contribution in [3.05, 3.63) is 71.5 Å². The number of hydrogen-bond acceptors (Lipinski definition) is 2. The molecule has 2 aromatic rings. The third-order valence-corrected chi connectivity index (χ3v) is 3.22. The van der Waals surface area contributed by atoms with Crippen LogP contribution in [0.4, 0.5) is 4.39 Å². The predicted octanol–water partition coefficient (Wildman–Crippen LogP) is 2.40. The summed E-state index contributed by atoms with van der Waals surface area (Å²) in [6.45, 7) is 0.478. The zero-order valence-electron chi connectivity index (χ0n) is 11.8. The van der Waals surface area contributed by atoms with Crippen LogP contribution in [0.5, 0.6) is 0 Å². The molecule has 0 saturated heterocycles. The van der Waals surface area contributed by atoms with E-state index in [1.165, 1.54) is 6.07 Å². The molecule has 1 amide bonds. The van der Waals surface area contributed by atoms with E-state index in [0.29, 0.717) is 18.5 Å². The van der Waals surface area contributed by atoms with E-state index in [0.717, 1.165) is 5.56 Å². The Kier molecular flexibility index (Phi) is 5.46. The lowest BCUT2D eigenvalue weighted by Gasteiger charge is -2.12. The van der Waals surface area contributed by atoms with Gasteiger partial charge in [-0.2, -0.15) is 0 Å². The fourth-order valence-corrected chi connectivity index (χ4v) is 2.13. The van der Waals surface area contributed by atoms with E-state index in [1.54, 1.807) is 18.2 Å². The van der Waals surface area contributed by atoms with Gasteiger partial charge in [0.05, 0.1) is 0 Å². The van der Waals surface area contributed by atoms with Crippen molar-refractivity contribution in [3.8, 4) is 0 Å². The van der Waals surface area contributed by atoms with Crippen LogP contribution in [-0.2, 0) is 17.8 Å². The zero-order valence-corrected chi connectivity index (χ0v) is 11.8. The number of carbonyl (C=O) groups excluding carboxylic acids is 1. The average molecular weight is 286 g/mol. The standard InChI is InChI=1S/C17H19FN2O/c18-16-9-5-4-8-14(16)10-15(19)11-17(21)20-12-13-6-2-1-3-7-13/h1-9,15H,10-12,19H2,(H,20,21)/t15-/m1/s1. The number of halogens is 1. The van der Waals surface area contributed by atoms with Crippen molar-refractivity contribution in [3.63, 3.8) is 0 Å². The Bertz CT molecular complexity index is 586. The highest BCUT2D eigenvalue weighted by Gasteiger charge is 2.12. The van der Waals surface area contributed by atoms with E-state index >= 15 is 0 Å². The van der Waals surface area contributed by atoms with Gasteiger partial charge in [0, 0.05) is 19.0 Å². The molecule has 3 N–H and O–H groups in total. The molecule has 2 rings (SSSR count). The second-order valence-corrected chi connectivity index (χ2v) is 5.02. The van der Waals surface area contributed by atoms with Gasteiger partial charge in [-0.05, 0) is 23.6 Å². The summed E-state index contributed by atoms with van der Waals surface area (Å²) in [4.78, 5) is 11.8. The smallest absolute Gasteiger partial charge is 0.221 e. The van der Waals surface area contributed by atoms with Gasteiger partial charge in [0.1, 0.15) is 5.82 Å². The molecule has 21 heavy (non-hydrogen) atoms. The Morgan fingerprint density at radius 2 is 1.76 bits per heavy atom. The number of carbonyl (C=O) groups is 1. The number of nitrogens with one attached hydrogen (secondary N) is 1. The Balaban J connectivity index is 1.78. The molecular weight excluding hydrogens is 267 g/mol. The number of nitrogens with two attached hydrogens (primary N) is 1. The molecular formula is C17H19FN2O. The quantitative estimate of drug-likeness (QED) is 0.856. The van der Waals surface area contributed by atoms with Crippen molar-refractivity contribution < 1.29 is 9.18 Å². The van der Waals surface area contributed by atoms with Gasteiger partial charge < -0.3 is 11.1 Å². The molecule has 0 fully saturated rings. The van der Waals surface area contributed by atoms with Crippen LogP contribution >= 0.6 is 0 Å². The molecule has 4 heteroatoms. The first-order valence-corrected chi connectivity index (χ1v) is 6.95. The number of amides is 1. The second-order valence-electron chi connectivity index (χ2n) is 5.02. The molecule has 0 spiro atoms. The summed E-state index contributed by atoms with van der Waals surface area (Å²) < 4.78 is 13.5. The van der Waals surface area contributed by atoms with Crippen LogP contribution in [0.1, 0.15) is 17.5 Å². The van der Waals surface area contributed by atoms with Gasteiger partial charge in [-0.3, -0.25) is 4.79 Å².